The average Bonchev–Trinajstić information content (AvgIpc) is 3.10. The third-order valence-electron chi connectivity index (χ3n) is 3.82. The topological polar surface area (TPSA) is 62.0 Å². The second kappa shape index (κ2) is 7.10. The molecule has 29 heavy (non-hydrogen) atoms. The summed E-state index contributed by atoms with van der Waals surface area (Å²) in [5, 5.41) is 0. The van der Waals surface area contributed by atoms with E-state index >= 15 is 0 Å². The SMILES string of the molecule is O=S(=O)(Nc1cc(F)c(C(F)(F)F)cc1F)c1c[nH]c(-c2cccc(F)c2F)c1. The highest BCUT2D eigenvalue weighted by molar-refractivity contribution is 7.92. The molecule has 0 saturated heterocycles. The third-order valence-corrected chi connectivity index (χ3v) is 5.16. The van der Waals surface area contributed by atoms with Crippen LogP contribution in [-0.2, 0) is 16.2 Å². The van der Waals surface area contributed by atoms with Crippen molar-refractivity contribution in [3.05, 3.63) is 71.4 Å². The summed E-state index contributed by atoms with van der Waals surface area (Å²) < 4.78 is 119. The number of benzene rings is 2. The number of rotatable bonds is 4. The molecule has 0 aliphatic heterocycles. The summed E-state index contributed by atoms with van der Waals surface area (Å²) in [6.45, 7) is 0. The Morgan fingerprint density at radius 2 is 1.59 bits per heavy atom. The monoisotopic (exact) mass is 438 g/mol. The van der Waals surface area contributed by atoms with E-state index in [-0.39, 0.29) is 23.4 Å². The molecule has 3 rings (SSSR count). The van der Waals surface area contributed by atoms with E-state index in [0.717, 1.165) is 18.3 Å². The minimum atomic E-state index is -5.17. The fourth-order valence-electron chi connectivity index (χ4n) is 2.44. The first-order valence-electron chi connectivity index (χ1n) is 7.62. The molecule has 0 amide bonds. The van der Waals surface area contributed by atoms with Gasteiger partial charge in [0.1, 0.15) is 16.5 Å². The highest BCUT2D eigenvalue weighted by Crippen LogP contribution is 2.34. The van der Waals surface area contributed by atoms with Crippen molar-refractivity contribution in [3.8, 4) is 11.3 Å². The Bertz CT molecular complexity index is 1190. The van der Waals surface area contributed by atoms with Gasteiger partial charge in [-0.25, -0.2) is 26.0 Å². The first-order valence-corrected chi connectivity index (χ1v) is 9.10. The van der Waals surface area contributed by atoms with E-state index in [2.05, 4.69) is 4.98 Å². The summed E-state index contributed by atoms with van der Waals surface area (Å²) in [7, 11) is -4.60. The Labute approximate surface area is 159 Å². The quantitative estimate of drug-likeness (QED) is 0.560. The van der Waals surface area contributed by atoms with Crippen LogP contribution in [0.4, 0.5) is 36.4 Å². The average molecular weight is 438 g/mol. The third kappa shape index (κ3) is 4.06. The lowest BCUT2D eigenvalue weighted by molar-refractivity contribution is -0.140. The molecular weight excluding hydrogens is 429 g/mol. The van der Waals surface area contributed by atoms with Crippen LogP contribution in [0.25, 0.3) is 11.3 Å². The molecule has 12 heteroatoms. The maximum absolute atomic E-state index is 13.9. The molecular formula is C17H9F7N2O2S. The maximum atomic E-state index is 13.9. The van der Waals surface area contributed by atoms with E-state index in [1.165, 1.54) is 12.1 Å². The van der Waals surface area contributed by atoms with Crippen molar-refractivity contribution in [2.45, 2.75) is 11.1 Å². The smallest absolute Gasteiger partial charge is 0.360 e. The minimum absolute atomic E-state index is 0.0511. The molecule has 0 fully saturated rings. The number of alkyl halides is 3. The molecule has 0 unspecified atom stereocenters. The number of nitrogens with one attached hydrogen (secondary N) is 2. The van der Waals surface area contributed by atoms with Crippen molar-refractivity contribution in [1.29, 1.82) is 0 Å². The number of hydrogen-bond acceptors (Lipinski definition) is 2. The van der Waals surface area contributed by atoms with Crippen LogP contribution in [0, 0.1) is 23.3 Å². The largest absolute Gasteiger partial charge is 0.419 e. The van der Waals surface area contributed by atoms with Gasteiger partial charge in [-0.1, -0.05) is 6.07 Å². The van der Waals surface area contributed by atoms with Gasteiger partial charge in [-0.3, -0.25) is 4.72 Å². The van der Waals surface area contributed by atoms with E-state index in [9.17, 15) is 39.2 Å². The van der Waals surface area contributed by atoms with Gasteiger partial charge in [-0.15, -0.1) is 0 Å². The lowest BCUT2D eigenvalue weighted by atomic mass is 10.1. The Balaban J connectivity index is 1.95. The number of aromatic amines is 1. The van der Waals surface area contributed by atoms with Crippen LogP contribution in [0.2, 0.25) is 0 Å². The Hall–Kier alpha value is -3.02. The van der Waals surface area contributed by atoms with Crippen LogP contribution < -0.4 is 4.72 Å². The molecule has 0 aliphatic rings. The predicted molar refractivity (Wildman–Crippen MR) is 88.3 cm³/mol. The summed E-state index contributed by atoms with van der Waals surface area (Å²) in [5.41, 5.74) is -3.39. The van der Waals surface area contributed by atoms with Crippen molar-refractivity contribution >= 4 is 15.7 Å². The number of sulfonamides is 1. The number of anilines is 1. The van der Waals surface area contributed by atoms with E-state index in [1.54, 1.807) is 4.72 Å². The molecule has 0 spiro atoms. The van der Waals surface area contributed by atoms with Gasteiger partial charge in [0.2, 0.25) is 0 Å². The molecule has 2 N–H and O–H groups in total. The van der Waals surface area contributed by atoms with Crippen molar-refractivity contribution in [3.63, 3.8) is 0 Å². The van der Waals surface area contributed by atoms with Crippen LogP contribution in [-0.4, -0.2) is 13.4 Å². The molecule has 2 aromatic carbocycles. The zero-order chi connectivity index (χ0) is 21.6. The molecule has 154 valence electrons. The summed E-state index contributed by atoms with van der Waals surface area (Å²) >= 11 is 0. The van der Waals surface area contributed by atoms with Crippen LogP contribution in [0.3, 0.4) is 0 Å². The zero-order valence-electron chi connectivity index (χ0n) is 13.9. The fraction of sp³-hybridized carbons (Fsp3) is 0.0588. The Morgan fingerprint density at radius 1 is 0.897 bits per heavy atom. The number of H-pyrrole nitrogens is 1. The summed E-state index contributed by atoms with van der Waals surface area (Å²) in [5.74, 6) is -5.97. The first-order chi connectivity index (χ1) is 13.4. The van der Waals surface area contributed by atoms with E-state index in [0.29, 0.717) is 0 Å². The van der Waals surface area contributed by atoms with Crippen molar-refractivity contribution in [2.24, 2.45) is 0 Å². The second-order valence-corrected chi connectivity index (χ2v) is 7.45. The van der Waals surface area contributed by atoms with Crippen LogP contribution >= 0.6 is 0 Å². The van der Waals surface area contributed by atoms with Gasteiger partial charge in [0.25, 0.3) is 10.0 Å². The highest BCUT2D eigenvalue weighted by atomic mass is 32.2. The van der Waals surface area contributed by atoms with Crippen molar-refractivity contribution in [2.75, 3.05) is 4.72 Å². The van der Waals surface area contributed by atoms with Crippen molar-refractivity contribution in [1.82, 2.24) is 4.98 Å². The second-order valence-electron chi connectivity index (χ2n) is 5.77. The Kier molecular flexibility index (Phi) is 5.07. The number of aromatic nitrogens is 1. The van der Waals surface area contributed by atoms with E-state index in [1.807, 2.05) is 0 Å². The van der Waals surface area contributed by atoms with Crippen LogP contribution in [0.5, 0.6) is 0 Å². The molecule has 1 aromatic heterocycles. The van der Waals surface area contributed by atoms with E-state index in [4.69, 9.17) is 0 Å². The minimum Gasteiger partial charge on any atom is -0.360 e. The van der Waals surface area contributed by atoms with Gasteiger partial charge >= 0.3 is 6.18 Å². The normalized spacial score (nSPS) is 12.2. The van der Waals surface area contributed by atoms with Crippen molar-refractivity contribution < 1.29 is 39.2 Å². The van der Waals surface area contributed by atoms with Gasteiger partial charge in [0.15, 0.2) is 11.6 Å². The first kappa shape index (κ1) is 20.7. The van der Waals surface area contributed by atoms with Gasteiger partial charge in [-0.2, -0.15) is 13.2 Å². The lowest BCUT2D eigenvalue weighted by Crippen LogP contribution is -2.15. The maximum Gasteiger partial charge on any atom is 0.419 e. The molecule has 1 heterocycles. The predicted octanol–water partition coefficient (Wildman–Crippen LogP) is 5.06. The van der Waals surface area contributed by atoms with Crippen LogP contribution in [0.1, 0.15) is 5.56 Å². The molecule has 0 radical (unpaired) electrons. The summed E-state index contributed by atoms with van der Waals surface area (Å²) in [6, 6.07) is 3.95. The van der Waals surface area contributed by atoms with E-state index < -0.39 is 55.6 Å². The van der Waals surface area contributed by atoms with Gasteiger partial charge in [-0.05, 0) is 24.3 Å². The highest BCUT2D eigenvalue weighted by Gasteiger charge is 2.35. The van der Waals surface area contributed by atoms with Gasteiger partial charge in [0.05, 0.1) is 11.3 Å². The summed E-state index contributed by atoms with van der Waals surface area (Å²) in [6.07, 6.45) is -4.31. The standard InChI is InChI=1S/C17H9F7N2O2S/c18-11-3-1-2-9(16(11)21)14-4-8(7-25-14)29(27,28)26-15-6-12(19)10(5-13(15)20)17(22,23)24/h1-7,25-26H. The Morgan fingerprint density at radius 3 is 2.24 bits per heavy atom. The molecule has 4 nitrogen and oxygen atoms in total. The molecule has 0 aliphatic carbocycles. The lowest BCUT2D eigenvalue weighted by Gasteiger charge is -2.12. The van der Waals surface area contributed by atoms with Gasteiger partial charge < -0.3 is 4.98 Å². The molecule has 0 bridgehead atoms. The molecule has 3 aromatic rings. The number of hydrogen-bond donors (Lipinski definition) is 2. The number of halogens is 7. The zero-order valence-corrected chi connectivity index (χ0v) is 14.7. The molecule has 0 atom stereocenters. The molecule has 0 saturated carbocycles. The fourth-order valence-corrected chi connectivity index (χ4v) is 3.49. The summed E-state index contributed by atoms with van der Waals surface area (Å²) in [4.78, 5) is 1.82. The van der Waals surface area contributed by atoms with Crippen LogP contribution in [0.15, 0.2) is 47.5 Å². The van der Waals surface area contributed by atoms with Gasteiger partial charge in [0, 0.05) is 23.5 Å².